The van der Waals surface area contributed by atoms with Gasteiger partial charge in [0.1, 0.15) is 23.5 Å². The maximum absolute atomic E-state index is 12.5. The van der Waals surface area contributed by atoms with Crippen molar-refractivity contribution in [3.63, 3.8) is 0 Å². The van der Waals surface area contributed by atoms with Crippen molar-refractivity contribution in [2.45, 2.75) is 25.0 Å². The van der Waals surface area contributed by atoms with E-state index in [0.29, 0.717) is 24.4 Å². The molecule has 1 aromatic heterocycles. The Kier molecular flexibility index (Phi) is 6.21. The van der Waals surface area contributed by atoms with Gasteiger partial charge in [-0.25, -0.2) is 9.78 Å². The van der Waals surface area contributed by atoms with E-state index < -0.39 is 5.97 Å². The van der Waals surface area contributed by atoms with E-state index in [1.165, 1.54) is 22.7 Å². The molecular weight excluding hydrogens is 328 g/mol. The fourth-order valence-corrected chi connectivity index (χ4v) is 3.61. The zero-order valence-corrected chi connectivity index (χ0v) is 14.1. The van der Waals surface area contributed by atoms with Crippen molar-refractivity contribution in [2.75, 3.05) is 13.2 Å². The second-order valence-electron chi connectivity index (χ2n) is 4.94. The molecule has 0 radical (unpaired) electrons. The quantitative estimate of drug-likeness (QED) is 0.350. The summed E-state index contributed by atoms with van der Waals surface area (Å²) in [6.07, 6.45) is 5.99. The van der Waals surface area contributed by atoms with E-state index in [0.717, 1.165) is 5.82 Å². The van der Waals surface area contributed by atoms with Gasteiger partial charge in [-0.15, -0.1) is 0 Å². The molecule has 7 nitrogen and oxygen atoms in total. The first-order chi connectivity index (χ1) is 11.6. The van der Waals surface area contributed by atoms with Crippen LogP contribution in [-0.2, 0) is 20.7 Å². The third kappa shape index (κ3) is 3.86. The molecule has 1 aliphatic heterocycles. The number of rotatable bonds is 7. The zero-order valence-electron chi connectivity index (χ0n) is 13.3. The van der Waals surface area contributed by atoms with Gasteiger partial charge in [0.2, 0.25) is 5.91 Å². The lowest BCUT2D eigenvalue weighted by Gasteiger charge is -2.15. The summed E-state index contributed by atoms with van der Waals surface area (Å²) in [5, 5.41) is 9.34. The number of aryl methyl sites for hydroxylation is 1. The summed E-state index contributed by atoms with van der Waals surface area (Å²) in [6.45, 7) is 5.67. The predicted octanol–water partition coefficient (Wildman–Crippen LogP) is 1.77. The molecule has 1 aromatic rings. The Morgan fingerprint density at radius 1 is 1.67 bits per heavy atom. The lowest BCUT2D eigenvalue weighted by Crippen LogP contribution is -2.29. The summed E-state index contributed by atoms with van der Waals surface area (Å²) in [4.78, 5) is 33.1. The number of nitrogens with zero attached hydrogens (tertiary/aromatic N) is 3. The highest BCUT2D eigenvalue weighted by atomic mass is 32.2. The zero-order chi connectivity index (χ0) is 17.5. The van der Waals surface area contributed by atoms with Gasteiger partial charge in [0.15, 0.2) is 5.57 Å². The average Bonchev–Trinajstić information content (AvgIpc) is 3.20. The van der Waals surface area contributed by atoms with Gasteiger partial charge in [-0.1, -0.05) is 24.4 Å². The Morgan fingerprint density at radius 2 is 2.46 bits per heavy atom. The number of imidazole rings is 1. The highest BCUT2D eigenvalue weighted by Crippen LogP contribution is 2.39. The number of H-pyrrole nitrogens is 1. The molecule has 0 bridgehead atoms. The lowest BCUT2D eigenvalue weighted by atomic mass is 10.2. The highest BCUT2D eigenvalue weighted by molar-refractivity contribution is 8.04. The summed E-state index contributed by atoms with van der Waals surface area (Å²) >= 11 is 1.23. The fourth-order valence-electron chi connectivity index (χ4n) is 2.29. The predicted molar refractivity (Wildman–Crippen MR) is 89.5 cm³/mol. The number of carbonyl (C=O) groups excluding carboxylic acids is 2. The summed E-state index contributed by atoms with van der Waals surface area (Å²) in [5.41, 5.74) is -0.141. The minimum absolute atomic E-state index is 0.0178. The standard InChI is InChI=1S/C16H18N4O3S/c1-3-9-23-16(22)11(10-17)15-20(4-2)14(21)12(24-15)5-6-13-18-7-8-19-13/h3,7-8,12H,1,4-6,9H2,2H3,(H,18,19)/b15-11-. The summed E-state index contributed by atoms with van der Waals surface area (Å²) in [7, 11) is 0. The number of aromatic nitrogens is 2. The Morgan fingerprint density at radius 3 is 3.04 bits per heavy atom. The molecule has 0 aromatic carbocycles. The lowest BCUT2D eigenvalue weighted by molar-refractivity contribution is -0.137. The van der Waals surface area contributed by atoms with Crippen molar-refractivity contribution in [1.82, 2.24) is 14.9 Å². The van der Waals surface area contributed by atoms with Crippen LogP contribution in [0.4, 0.5) is 0 Å². The summed E-state index contributed by atoms with van der Waals surface area (Å²) < 4.78 is 4.94. The van der Waals surface area contributed by atoms with Crippen molar-refractivity contribution in [3.8, 4) is 6.07 Å². The van der Waals surface area contributed by atoms with E-state index in [1.807, 2.05) is 6.07 Å². The van der Waals surface area contributed by atoms with Crippen LogP contribution in [0.3, 0.4) is 0 Å². The van der Waals surface area contributed by atoms with Crippen LogP contribution in [0.1, 0.15) is 19.2 Å². The molecule has 1 amide bonds. The molecule has 1 aliphatic rings. The van der Waals surface area contributed by atoms with Crippen LogP contribution >= 0.6 is 11.8 Å². The first kappa shape index (κ1) is 17.8. The molecule has 1 unspecified atom stereocenters. The Balaban J connectivity index is 2.17. The minimum atomic E-state index is -0.738. The molecule has 2 heterocycles. The van der Waals surface area contributed by atoms with Crippen molar-refractivity contribution in [3.05, 3.63) is 41.5 Å². The highest BCUT2D eigenvalue weighted by Gasteiger charge is 2.39. The van der Waals surface area contributed by atoms with Crippen molar-refractivity contribution < 1.29 is 14.3 Å². The molecule has 0 aliphatic carbocycles. The van der Waals surface area contributed by atoms with Crippen LogP contribution in [0.15, 0.2) is 35.7 Å². The minimum Gasteiger partial charge on any atom is -0.457 e. The number of esters is 1. The maximum Gasteiger partial charge on any atom is 0.351 e. The van der Waals surface area contributed by atoms with Crippen molar-refractivity contribution in [2.24, 2.45) is 0 Å². The van der Waals surface area contributed by atoms with Crippen LogP contribution in [0.2, 0.25) is 0 Å². The molecule has 8 heteroatoms. The number of nitrogens with one attached hydrogen (secondary N) is 1. The first-order valence-corrected chi connectivity index (χ1v) is 8.39. The third-order valence-corrected chi connectivity index (χ3v) is 4.79. The van der Waals surface area contributed by atoms with E-state index in [9.17, 15) is 14.9 Å². The van der Waals surface area contributed by atoms with Gasteiger partial charge < -0.3 is 14.6 Å². The number of nitriles is 1. The summed E-state index contributed by atoms with van der Waals surface area (Å²) in [5.74, 6) is -0.0408. The second kappa shape index (κ2) is 8.36. The Bertz CT molecular complexity index is 691. The van der Waals surface area contributed by atoms with Crippen LogP contribution in [0.25, 0.3) is 0 Å². The molecule has 126 valence electrons. The van der Waals surface area contributed by atoms with Gasteiger partial charge in [-0.2, -0.15) is 5.26 Å². The molecule has 2 rings (SSSR count). The average molecular weight is 346 g/mol. The second-order valence-corrected chi connectivity index (χ2v) is 6.13. The maximum atomic E-state index is 12.5. The molecule has 1 saturated heterocycles. The molecule has 1 atom stereocenters. The van der Waals surface area contributed by atoms with Crippen LogP contribution < -0.4 is 0 Å². The van der Waals surface area contributed by atoms with Gasteiger partial charge in [0.05, 0.1) is 5.25 Å². The molecule has 24 heavy (non-hydrogen) atoms. The number of carbonyl (C=O) groups is 2. The van der Waals surface area contributed by atoms with Gasteiger partial charge in [0, 0.05) is 25.4 Å². The molecule has 1 fully saturated rings. The largest absolute Gasteiger partial charge is 0.457 e. The molecule has 1 N–H and O–H groups in total. The van der Waals surface area contributed by atoms with Crippen LogP contribution in [0, 0.1) is 11.3 Å². The van der Waals surface area contributed by atoms with Gasteiger partial charge in [-0.3, -0.25) is 4.79 Å². The monoisotopic (exact) mass is 346 g/mol. The Labute approximate surface area is 144 Å². The number of hydrogen-bond donors (Lipinski definition) is 1. The summed E-state index contributed by atoms with van der Waals surface area (Å²) in [6, 6.07) is 1.87. The fraction of sp³-hybridized carbons (Fsp3) is 0.375. The van der Waals surface area contributed by atoms with E-state index in [4.69, 9.17) is 4.74 Å². The molecular formula is C16H18N4O3S. The van der Waals surface area contributed by atoms with Crippen LogP contribution in [-0.4, -0.2) is 45.1 Å². The topological polar surface area (TPSA) is 99.1 Å². The van der Waals surface area contributed by atoms with Crippen LogP contribution in [0.5, 0.6) is 0 Å². The van der Waals surface area contributed by atoms with Crippen molar-refractivity contribution >= 4 is 23.6 Å². The normalized spacial score (nSPS) is 19.1. The molecule has 0 saturated carbocycles. The van der Waals surface area contributed by atoms with Gasteiger partial charge in [0.25, 0.3) is 0 Å². The number of ether oxygens (including phenoxy) is 1. The van der Waals surface area contributed by atoms with E-state index in [-0.39, 0.29) is 23.3 Å². The third-order valence-electron chi connectivity index (χ3n) is 3.42. The smallest absolute Gasteiger partial charge is 0.351 e. The van der Waals surface area contributed by atoms with E-state index >= 15 is 0 Å². The SMILES string of the molecule is C=CCOC(=O)/C(C#N)=C1\SC(CCc2ncc[nH]2)C(=O)N1CC. The number of thioether (sulfide) groups is 1. The van der Waals surface area contributed by atoms with Gasteiger partial charge in [-0.05, 0) is 13.3 Å². The number of hydrogen-bond acceptors (Lipinski definition) is 6. The van der Waals surface area contributed by atoms with Crippen molar-refractivity contribution in [1.29, 1.82) is 5.26 Å². The Hall–Kier alpha value is -2.53. The van der Waals surface area contributed by atoms with Gasteiger partial charge >= 0.3 is 5.97 Å². The van der Waals surface area contributed by atoms with E-state index in [1.54, 1.807) is 19.3 Å². The number of amides is 1. The first-order valence-electron chi connectivity index (χ1n) is 7.51. The number of aromatic amines is 1. The molecule has 0 spiro atoms. The van der Waals surface area contributed by atoms with E-state index in [2.05, 4.69) is 16.5 Å².